The van der Waals surface area contributed by atoms with Crippen molar-refractivity contribution in [1.29, 1.82) is 0 Å². The second-order valence-corrected chi connectivity index (χ2v) is 4.13. The summed E-state index contributed by atoms with van der Waals surface area (Å²) in [6.07, 6.45) is 5.20. The summed E-state index contributed by atoms with van der Waals surface area (Å²) in [7, 11) is 0. The summed E-state index contributed by atoms with van der Waals surface area (Å²) in [6, 6.07) is 0. The molecule has 2 heterocycles. The van der Waals surface area contributed by atoms with E-state index >= 15 is 0 Å². The van der Waals surface area contributed by atoms with Crippen molar-refractivity contribution in [2.75, 3.05) is 19.7 Å². The molecule has 1 unspecified atom stereocenters. The highest BCUT2D eigenvalue weighted by atomic mass is 16.3. The molecule has 1 saturated heterocycles. The van der Waals surface area contributed by atoms with E-state index in [2.05, 4.69) is 10.3 Å². The first-order valence-corrected chi connectivity index (χ1v) is 5.52. The van der Waals surface area contributed by atoms with Crippen molar-refractivity contribution in [1.82, 2.24) is 19.9 Å². The summed E-state index contributed by atoms with van der Waals surface area (Å²) in [4.78, 5) is 13.7. The minimum absolute atomic E-state index is 0.0450. The zero-order valence-corrected chi connectivity index (χ0v) is 9.12. The summed E-state index contributed by atoms with van der Waals surface area (Å²) in [6.45, 7) is 1.83. The molecule has 1 N–H and O–H groups in total. The van der Waals surface area contributed by atoms with Gasteiger partial charge in [0, 0.05) is 25.9 Å². The largest absolute Gasteiger partial charge is 0.396 e. The Bertz CT molecular complexity index is 339. The van der Waals surface area contributed by atoms with Crippen LogP contribution in [0.25, 0.3) is 0 Å². The lowest BCUT2D eigenvalue weighted by Crippen LogP contribution is -2.42. The number of rotatable bonds is 3. The summed E-state index contributed by atoms with van der Waals surface area (Å²) >= 11 is 0. The van der Waals surface area contributed by atoms with Gasteiger partial charge in [-0.05, 0) is 18.8 Å². The highest BCUT2D eigenvalue weighted by molar-refractivity contribution is 5.75. The SMILES string of the molecule is O=C(Cn1ccnn1)N1CCCC(CO)C1. The molecular formula is C10H16N4O2. The molecular weight excluding hydrogens is 208 g/mol. The topological polar surface area (TPSA) is 71.2 Å². The zero-order chi connectivity index (χ0) is 11.4. The fraction of sp³-hybridized carbons (Fsp3) is 0.700. The van der Waals surface area contributed by atoms with Crippen LogP contribution in [0, 0.1) is 5.92 Å². The van der Waals surface area contributed by atoms with Gasteiger partial charge in [0.05, 0.1) is 6.20 Å². The summed E-state index contributed by atoms with van der Waals surface area (Å²) < 4.78 is 1.52. The smallest absolute Gasteiger partial charge is 0.244 e. The number of aromatic nitrogens is 3. The van der Waals surface area contributed by atoms with Gasteiger partial charge in [-0.1, -0.05) is 5.21 Å². The van der Waals surface area contributed by atoms with E-state index in [-0.39, 0.29) is 25.0 Å². The minimum Gasteiger partial charge on any atom is -0.396 e. The van der Waals surface area contributed by atoms with Crippen molar-refractivity contribution in [3.8, 4) is 0 Å². The average molecular weight is 224 g/mol. The van der Waals surface area contributed by atoms with E-state index in [1.165, 1.54) is 4.68 Å². The monoisotopic (exact) mass is 224 g/mol. The van der Waals surface area contributed by atoms with E-state index in [1.807, 2.05) is 0 Å². The lowest BCUT2D eigenvalue weighted by Gasteiger charge is -2.31. The molecule has 0 bridgehead atoms. The number of hydrogen-bond donors (Lipinski definition) is 1. The van der Waals surface area contributed by atoms with Crippen LogP contribution in [-0.4, -0.2) is 50.6 Å². The van der Waals surface area contributed by atoms with E-state index in [1.54, 1.807) is 17.3 Å². The number of nitrogens with zero attached hydrogens (tertiary/aromatic N) is 4. The number of hydrogen-bond acceptors (Lipinski definition) is 4. The molecule has 2 rings (SSSR count). The molecule has 0 radical (unpaired) electrons. The fourth-order valence-electron chi connectivity index (χ4n) is 2.00. The molecule has 0 spiro atoms. The van der Waals surface area contributed by atoms with Crippen LogP contribution in [-0.2, 0) is 11.3 Å². The van der Waals surface area contributed by atoms with Crippen molar-refractivity contribution >= 4 is 5.91 Å². The molecule has 0 aliphatic carbocycles. The number of aliphatic hydroxyl groups is 1. The molecule has 1 aliphatic rings. The van der Waals surface area contributed by atoms with Crippen LogP contribution < -0.4 is 0 Å². The first-order valence-electron chi connectivity index (χ1n) is 5.52. The third-order valence-electron chi connectivity index (χ3n) is 2.90. The molecule has 16 heavy (non-hydrogen) atoms. The van der Waals surface area contributed by atoms with Crippen LogP contribution >= 0.6 is 0 Å². The molecule has 6 heteroatoms. The van der Waals surface area contributed by atoms with E-state index in [0.29, 0.717) is 6.54 Å². The van der Waals surface area contributed by atoms with Gasteiger partial charge in [0.25, 0.3) is 0 Å². The fourth-order valence-corrected chi connectivity index (χ4v) is 2.00. The number of amides is 1. The molecule has 0 aromatic carbocycles. The highest BCUT2D eigenvalue weighted by Gasteiger charge is 2.23. The lowest BCUT2D eigenvalue weighted by molar-refractivity contribution is -0.134. The maximum absolute atomic E-state index is 11.9. The normalized spacial score (nSPS) is 21.1. The highest BCUT2D eigenvalue weighted by Crippen LogP contribution is 2.15. The summed E-state index contributed by atoms with van der Waals surface area (Å²) in [5.41, 5.74) is 0. The molecule has 1 atom stereocenters. The van der Waals surface area contributed by atoms with Gasteiger partial charge >= 0.3 is 0 Å². The molecule has 0 saturated carbocycles. The molecule has 1 fully saturated rings. The Labute approximate surface area is 93.9 Å². The van der Waals surface area contributed by atoms with Crippen LogP contribution in [0.4, 0.5) is 0 Å². The number of likely N-dealkylation sites (tertiary alicyclic amines) is 1. The van der Waals surface area contributed by atoms with Crippen LogP contribution in [0.3, 0.4) is 0 Å². The van der Waals surface area contributed by atoms with Crippen molar-refractivity contribution in [3.05, 3.63) is 12.4 Å². The van der Waals surface area contributed by atoms with E-state index in [9.17, 15) is 4.79 Å². The molecule has 1 aromatic heterocycles. The van der Waals surface area contributed by atoms with Gasteiger partial charge in [0.2, 0.25) is 5.91 Å². The standard InChI is InChI=1S/C10H16N4O2/c15-8-9-2-1-4-13(6-9)10(16)7-14-5-3-11-12-14/h3,5,9,15H,1-2,4,6-8H2. The van der Waals surface area contributed by atoms with E-state index < -0.39 is 0 Å². The first kappa shape index (κ1) is 11.1. The van der Waals surface area contributed by atoms with Crippen molar-refractivity contribution in [3.63, 3.8) is 0 Å². The molecule has 88 valence electrons. The van der Waals surface area contributed by atoms with Crippen LogP contribution in [0.1, 0.15) is 12.8 Å². The molecule has 1 aliphatic heterocycles. The van der Waals surface area contributed by atoms with Gasteiger partial charge in [-0.15, -0.1) is 5.10 Å². The van der Waals surface area contributed by atoms with Crippen molar-refractivity contribution in [2.45, 2.75) is 19.4 Å². The van der Waals surface area contributed by atoms with Gasteiger partial charge in [-0.2, -0.15) is 0 Å². The maximum atomic E-state index is 11.9. The van der Waals surface area contributed by atoms with Gasteiger partial charge in [0.1, 0.15) is 6.54 Å². The Morgan fingerprint density at radius 2 is 2.44 bits per heavy atom. The number of aliphatic hydroxyl groups excluding tert-OH is 1. The predicted molar refractivity (Wildman–Crippen MR) is 56.4 cm³/mol. The average Bonchev–Trinajstić information content (AvgIpc) is 2.82. The van der Waals surface area contributed by atoms with Crippen LogP contribution in [0.15, 0.2) is 12.4 Å². The third-order valence-corrected chi connectivity index (χ3v) is 2.90. The Balaban J connectivity index is 1.89. The molecule has 1 amide bonds. The quantitative estimate of drug-likeness (QED) is 0.752. The Morgan fingerprint density at radius 3 is 3.12 bits per heavy atom. The molecule has 6 nitrogen and oxygen atoms in total. The Kier molecular flexibility index (Phi) is 3.51. The van der Waals surface area contributed by atoms with Gasteiger partial charge in [0.15, 0.2) is 0 Å². The Morgan fingerprint density at radius 1 is 1.56 bits per heavy atom. The number of carbonyl (C=O) groups is 1. The molecule has 1 aromatic rings. The van der Waals surface area contributed by atoms with Crippen LogP contribution in [0.2, 0.25) is 0 Å². The van der Waals surface area contributed by atoms with Crippen molar-refractivity contribution < 1.29 is 9.90 Å². The minimum atomic E-state index is 0.0450. The van der Waals surface area contributed by atoms with Gasteiger partial charge in [-0.25, -0.2) is 4.68 Å². The van der Waals surface area contributed by atoms with Gasteiger partial charge < -0.3 is 10.0 Å². The number of piperidine rings is 1. The second kappa shape index (κ2) is 5.07. The first-order chi connectivity index (χ1) is 7.79. The Hall–Kier alpha value is -1.43. The summed E-state index contributed by atoms with van der Waals surface area (Å²) in [5, 5.41) is 16.5. The summed E-state index contributed by atoms with van der Waals surface area (Å²) in [5.74, 6) is 0.275. The van der Waals surface area contributed by atoms with Crippen molar-refractivity contribution in [2.24, 2.45) is 5.92 Å². The number of carbonyl (C=O) groups excluding carboxylic acids is 1. The maximum Gasteiger partial charge on any atom is 0.244 e. The van der Waals surface area contributed by atoms with E-state index in [0.717, 1.165) is 19.4 Å². The zero-order valence-electron chi connectivity index (χ0n) is 9.12. The lowest BCUT2D eigenvalue weighted by atomic mass is 9.99. The second-order valence-electron chi connectivity index (χ2n) is 4.13. The van der Waals surface area contributed by atoms with E-state index in [4.69, 9.17) is 5.11 Å². The third kappa shape index (κ3) is 2.57. The predicted octanol–water partition coefficient (Wildman–Crippen LogP) is -0.491. The van der Waals surface area contributed by atoms with Gasteiger partial charge in [-0.3, -0.25) is 4.79 Å². The van der Waals surface area contributed by atoms with Crippen LogP contribution in [0.5, 0.6) is 0 Å².